The average molecular weight is 460 g/mol. The zero-order valence-electron chi connectivity index (χ0n) is 17.3. The number of hydrogen-bond acceptors (Lipinski definition) is 6. The SMILES string of the molecule is O=C(c1ccc(Cn2cncn2)cc1)N1CCN(c2ccc(C(F)(F)F)cc2[N+](=O)[O-])CC1. The van der Waals surface area contributed by atoms with Crippen molar-refractivity contribution in [1.29, 1.82) is 0 Å². The second-order valence-electron chi connectivity index (χ2n) is 7.53. The van der Waals surface area contributed by atoms with Gasteiger partial charge in [-0.05, 0) is 29.8 Å². The first-order valence-corrected chi connectivity index (χ1v) is 10.0. The molecule has 2 aromatic carbocycles. The number of anilines is 1. The van der Waals surface area contributed by atoms with Gasteiger partial charge in [-0.25, -0.2) is 9.67 Å². The fourth-order valence-electron chi connectivity index (χ4n) is 3.70. The van der Waals surface area contributed by atoms with Gasteiger partial charge >= 0.3 is 6.18 Å². The van der Waals surface area contributed by atoms with Gasteiger partial charge in [-0.1, -0.05) is 12.1 Å². The summed E-state index contributed by atoms with van der Waals surface area (Å²) >= 11 is 0. The molecule has 0 radical (unpaired) electrons. The number of amides is 1. The number of nitrogens with zero attached hydrogens (tertiary/aromatic N) is 6. The van der Waals surface area contributed by atoms with Crippen LogP contribution in [0.25, 0.3) is 0 Å². The van der Waals surface area contributed by atoms with Crippen molar-refractivity contribution in [2.45, 2.75) is 12.7 Å². The lowest BCUT2D eigenvalue weighted by molar-refractivity contribution is -0.384. The van der Waals surface area contributed by atoms with Crippen LogP contribution in [0.2, 0.25) is 0 Å². The number of halogens is 3. The monoisotopic (exact) mass is 460 g/mol. The summed E-state index contributed by atoms with van der Waals surface area (Å²) in [6.07, 6.45) is -1.63. The highest BCUT2D eigenvalue weighted by Gasteiger charge is 2.34. The largest absolute Gasteiger partial charge is 0.416 e. The molecule has 1 aliphatic rings. The van der Waals surface area contributed by atoms with Gasteiger partial charge in [0.05, 0.1) is 17.0 Å². The smallest absolute Gasteiger partial charge is 0.362 e. The molecule has 12 heteroatoms. The van der Waals surface area contributed by atoms with E-state index in [1.165, 1.54) is 6.33 Å². The molecule has 9 nitrogen and oxygen atoms in total. The van der Waals surface area contributed by atoms with E-state index >= 15 is 0 Å². The van der Waals surface area contributed by atoms with Crippen LogP contribution in [-0.4, -0.2) is 56.7 Å². The number of carbonyl (C=O) groups excluding carboxylic acids is 1. The van der Waals surface area contributed by atoms with E-state index < -0.39 is 22.4 Å². The number of alkyl halides is 3. The Balaban J connectivity index is 1.41. The average Bonchev–Trinajstić information content (AvgIpc) is 3.31. The lowest BCUT2D eigenvalue weighted by Gasteiger charge is -2.36. The standard InChI is InChI=1S/C21H19F3N6O3/c22-21(23,24)17-5-6-18(19(11-17)30(32)33)27-7-9-28(10-8-27)20(31)16-3-1-15(2-4-16)12-29-14-25-13-26-29/h1-6,11,13-14H,7-10,12H2. The van der Waals surface area contributed by atoms with Crippen LogP contribution in [0.4, 0.5) is 24.5 Å². The summed E-state index contributed by atoms with van der Waals surface area (Å²) in [6.45, 7) is 1.64. The van der Waals surface area contributed by atoms with Crippen LogP contribution < -0.4 is 4.90 Å². The van der Waals surface area contributed by atoms with Crippen LogP contribution in [0.5, 0.6) is 0 Å². The first kappa shape index (κ1) is 22.2. The van der Waals surface area contributed by atoms with Crippen molar-refractivity contribution >= 4 is 17.3 Å². The normalized spacial score (nSPS) is 14.4. The minimum absolute atomic E-state index is 0.109. The highest BCUT2D eigenvalue weighted by Crippen LogP contribution is 2.36. The summed E-state index contributed by atoms with van der Waals surface area (Å²) in [5.74, 6) is -0.177. The van der Waals surface area contributed by atoms with E-state index in [1.807, 2.05) is 12.1 Å². The maximum absolute atomic E-state index is 12.9. The van der Waals surface area contributed by atoms with Gasteiger partial charge in [0.1, 0.15) is 18.3 Å². The fourth-order valence-corrected chi connectivity index (χ4v) is 3.70. The van der Waals surface area contributed by atoms with Gasteiger partial charge in [0.15, 0.2) is 0 Å². The third-order valence-corrected chi connectivity index (χ3v) is 5.42. The maximum atomic E-state index is 12.9. The Morgan fingerprint density at radius 1 is 1.06 bits per heavy atom. The number of carbonyl (C=O) groups is 1. The van der Waals surface area contributed by atoms with E-state index in [0.29, 0.717) is 18.2 Å². The number of piperazine rings is 1. The van der Waals surface area contributed by atoms with Crippen molar-refractivity contribution in [3.8, 4) is 0 Å². The van der Waals surface area contributed by atoms with Gasteiger partial charge in [0, 0.05) is 37.8 Å². The zero-order chi connectivity index (χ0) is 23.6. The molecule has 4 rings (SSSR count). The maximum Gasteiger partial charge on any atom is 0.416 e. The number of aromatic nitrogens is 3. The molecule has 172 valence electrons. The van der Waals surface area contributed by atoms with Gasteiger partial charge in [-0.15, -0.1) is 0 Å². The van der Waals surface area contributed by atoms with Gasteiger partial charge < -0.3 is 9.80 Å². The van der Waals surface area contributed by atoms with Crippen molar-refractivity contribution in [1.82, 2.24) is 19.7 Å². The van der Waals surface area contributed by atoms with E-state index in [-0.39, 0.29) is 37.8 Å². The number of nitro groups is 1. The molecule has 1 aromatic heterocycles. The molecule has 2 heterocycles. The van der Waals surface area contributed by atoms with E-state index in [0.717, 1.165) is 17.7 Å². The van der Waals surface area contributed by atoms with E-state index in [2.05, 4.69) is 10.1 Å². The van der Waals surface area contributed by atoms with E-state index in [1.54, 1.807) is 32.9 Å². The number of benzene rings is 2. The number of nitro benzene ring substituents is 1. The summed E-state index contributed by atoms with van der Waals surface area (Å²) in [7, 11) is 0. The molecule has 33 heavy (non-hydrogen) atoms. The minimum Gasteiger partial charge on any atom is -0.362 e. The molecule has 1 fully saturated rings. The second-order valence-corrected chi connectivity index (χ2v) is 7.53. The van der Waals surface area contributed by atoms with E-state index in [9.17, 15) is 28.1 Å². The number of rotatable bonds is 5. The predicted octanol–water partition coefficient (Wildman–Crippen LogP) is 3.22. The Morgan fingerprint density at radius 2 is 1.76 bits per heavy atom. The molecule has 0 N–H and O–H groups in total. The van der Waals surface area contributed by atoms with Crippen LogP contribution in [-0.2, 0) is 12.7 Å². The molecule has 0 aliphatic carbocycles. The van der Waals surface area contributed by atoms with Crippen LogP contribution in [0.15, 0.2) is 55.1 Å². The first-order chi connectivity index (χ1) is 15.7. The van der Waals surface area contributed by atoms with Crippen molar-refractivity contribution in [3.05, 3.63) is 81.9 Å². The lowest BCUT2D eigenvalue weighted by atomic mass is 10.1. The molecule has 0 unspecified atom stereocenters. The Morgan fingerprint density at radius 3 is 2.33 bits per heavy atom. The van der Waals surface area contributed by atoms with Crippen LogP contribution in [0, 0.1) is 10.1 Å². The van der Waals surface area contributed by atoms with Gasteiger partial charge in [-0.2, -0.15) is 18.3 Å². The second kappa shape index (κ2) is 8.88. The lowest BCUT2D eigenvalue weighted by Crippen LogP contribution is -2.49. The quantitative estimate of drug-likeness (QED) is 0.429. The van der Waals surface area contributed by atoms with Gasteiger partial charge in [0.2, 0.25) is 0 Å². The molecular formula is C21H19F3N6O3. The van der Waals surface area contributed by atoms with E-state index in [4.69, 9.17) is 0 Å². The zero-order valence-corrected chi connectivity index (χ0v) is 17.3. The topological polar surface area (TPSA) is 97.4 Å². The van der Waals surface area contributed by atoms with Gasteiger partial charge in [-0.3, -0.25) is 14.9 Å². The van der Waals surface area contributed by atoms with Crippen LogP contribution >= 0.6 is 0 Å². The highest BCUT2D eigenvalue weighted by atomic mass is 19.4. The summed E-state index contributed by atoms with van der Waals surface area (Å²) in [5.41, 5.74) is -0.105. The molecule has 1 saturated heterocycles. The molecule has 0 spiro atoms. The molecule has 1 aliphatic heterocycles. The summed E-state index contributed by atoms with van der Waals surface area (Å²) < 4.78 is 40.5. The third-order valence-electron chi connectivity index (χ3n) is 5.42. The van der Waals surface area contributed by atoms with Gasteiger partial charge in [0.25, 0.3) is 11.6 Å². The van der Waals surface area contributed by atoms with Crippen LogP contribution in [0.3, 0.4) is 0 Å². The summed E-state index contributed by atoms with van der Waals surface area (Å²) in [5, 5.41) is 15.4. The molecule has 0 bridgehead atoms. The number of hydrogen-bond donors (Lipinski definition) is 0. The molecular weight excluding hydrogens is 441 g/mol. The predicted molar refractivity (Wildman–Crippen MR) is 112 cm³/mol. The Labute approximate surface area is 186 Å². The molecule has 1 amide bonds. The van der Waals surface area contributed by atoms with Crippen molar-refractivity contribution in [2.24, 2.45) is 0 Å². The Hall–Kier alpha value is -3.96. The van der Waals surface area contributed by atoms with Crippen molar-refractivity contribution in [2.75, 3.05) is 31.1 Å². The highest BCUT2D eigenvalue weighted by molar-refractivity contribution is 5.94. The van der Waals surface area contributed by atoms with Crippen molar-refractivity contribution in [3.63, 3.8) is 0 Å². The minimum atomic E-state index is -4.67. The first-order valence-electron chi connectivity index (χ1n) is 10.0. The Kier molecular flexibility index (Phi) is 5.99. The summed E-state index contributed by atoms with van der Waals surface area (Å²) in [6, 6.07) is 9.61. The third kappa shape index (κ3) is 4.94. The van der Waals surface area contributed by atoms with Crippen LogP contribution in [0.1, 0.15) is 21.5 Å². The fraction of sp³-hybridized carbons (Fsp3) is 0.286. The van der Waals surface area contributed by atoms with Crippen molar-refractivity contribution < 1.29 is 22.9 Å². The molecule has 3 aromatic rings. The molecule has 0 saturated carbocycles. The Bertz CT molecular complexity index is 1140. The molecule has 0 atom stereocenters. The summed E-state index contributed by atoms with van der Waals surface area (Å²) in [4.78, 5) is 30.5.